The van der Waals surface area contributed by atoms with Crippen molar-refractivity contribution in [3.05, 3.63) is 47.7 Å². The van der Waals surface area contributed by atoms with Crippen molar-refractivity contribution in [3.8, 4) is 0 Å². The molecule has 0 aliphatic carbocycles. The van der Waals surface area contributed by atoms with Crippen molar-refractivity contribution in [2.75, 3.05) is 36.4 Å². The van der Waals surface area contributed by atoms with Gasteiger partial charge >= 0.3 is 0 Å². The number of aryl methyl sites for hydroxylation is 1. The van der Waals surface area contributed by atoms with Crippen molar-refractivity contribution >= 4 is 17.7 Å². The van der Waals surface area contributed by atoms with E-state index in [2.05, 4.69) is 32.3 Å². The Morgan fingerprint density at radius 3 is 2.50 bits per heavy atom. The largest absolute Gasteiger partial charge is 0.366 e. The topological polar surface area (TPSA) is 61.4 Å². The van der Waals surface area contributed by atoms with Gasteiger partial charge in [0.1, 0.15) is 5.82 Å². The van der Waals surface area contributed by atoms with E-state index >= 15 is 0 Å². The third kappa shape index (κ3) is 4.01. The molecule has 126 valence electrons. The second-order valence-electron chi connectivity index (χ2n) is 6.03. The van der Waals surface area contributed by atoms with E-state index in [0.29, 0.717) is 0 Å². The molecule has 24 heavy (non-hydrogen) atoms. The monoisotopic (exact) mass is 325 g/mol. The number of hydrogen-bond acceptors (Lipinski definition) is 5. The van der Waals surface area contributed by atoms with Gasteiger partial charge in [0.25, 0.3) is 0 Å². The fraction of sp³-hybridized carbons (Fsp3) is 0.389. The quantitative estimate of drug-likeness (QED) is 0.932. The zero-order valence-corrected chi connectivity index (χ0v) is 14.2. The van der Waals surface area contributed by atoms with Crippen LogP contribution >= 0.6 is 0 Å². The SMILES string of the molecule is CC(=O)N1CCN(c2nc(C)cc(NCc3ccccc3)n2)CC1. The molecule has 1 saturated heterocycles. The first-order valence-electron chi connectivity index (χ1n) is 8.26. The number of carbonyl (C=O) groups is 1. The number of nitrogens with one attached hydrogen (secondary N) is 1. The summed E-state index contributed by atoms with van der Waals surface area (Å²) in [6.45, 7) is 7.30. The van der Waals surface area contributed by atoms with Crippen LogP contribution in [0, 0.1) is 6.92 Å². The number of benzene rings is 1. The highest BCUT2D eigenvalue weighted by Gasteiger charge is 2.20. The van der Waals surface area contributed by atoms with Crippen LogP contribution < -0.4 is 10.2 Å². The van der Waals surface area contributed by atoms with Crippen LogP contribution in [0.15, 0.2) is 36.4 Å². The summed E-state index contributed by atoms with van der Waals surface area (Å²) in [5.74, 6) is 1.69. The highest BCUT2D eigenvalue weighted by Crippen LogP contribution is 2.16. The van der Waals surface area contributed by atoms with E-state index in [-0.39, 0.29) is 5.91 Å². The molecule has 1 aromatic heterocycles. The molecule has 2 aromatic rings. The summed E-state index contributed by atoms with van der Waals surface area (Å²) >= 11 is 0. The Bertz CT molecular complexity index is 696. The van der Waals surface area contributed by atoms with E-state index in [0.717, 1.165) is 50.2 Å². The van der Waals surface area contributed by atoms with Crippen molar-refractivity contribution in [2.45, 2.75) is 20.4 Å². The van der Waals surface area contributed by atoms with Crippen LogP contribution in [0.3, 0.4) is 0 Å². The van der Waals surface area contributed by atoms with Gasteiger partial charge in [-0.05, 0) is 12.5 Å². The molecule has 0 unspecified atom stereocenters. The predicted molar refractivity (Wildman–Crippen MR) is 95.0 cm³/mol. The van der Waals surface area contributed by atoms with Crippen molar-refractivity contribution in [2.24, 2.45) is 0 Å². The lowest BCUT2D eigenvalue weighted by Crippen LogP contribution is -2.48. The highest BCUT2D eigenvalue weighted by molar-refractivity contribution is 5.73. The molecule has 1 aliphatic heterocycles. The molecule has 0 bridgehead atoms. The van der Waals surface area contributed by atoms with Gasteiger partial charge in [-0.25, -0.2) is 4.98 Å². The fourth-order valence-electron chi connectivity index (χ4n) is 2.79. The predicted octanol–water partition coefficient (Wildman–Crippen LogP) is 2.07. The van der Waals surface area contributed by atoms with Crippen LogP contribution in [0.4, 0.5) is 11.8 Å². The van der Waals surface area contributed by atoms with Gasteiger partial charge in [0, 0.05) is 51.4 Å². The molecule has 1 amide bonds. The Hall–Kier alpha value is -2.63. The number of anilines is 2. The van der Waals surface area contributed by atoms with Gasteiger partial charge in [-0.15, -0.1) is 0 Å². The highest BCUT2D eigenvalue weighted by atomic mass is 16.2. The summed E-state index contributed by atoms with van der Waals surface area (Å²) < 4.78 is 0. The average molecular weight is 325 g/mol. The van der Waals surface area contributed by atoms with Crippen molar-refractivity contribution in [1.29, 1.82) is 0 Å². The van der Waals surface area contributed by atoms with E-state index in [1.807, 2.05) is 36.1 Å². The van der Waals surface area contributed by atoms with Gasteiger partial charge in [-0.3, -0.25) is 4.79 Å². The van der Waals surface area contributed by atoms with Gasteiger partial charge in [0.2, 0.25) is 11.9 Å². The Morgan fingerprint density at radius 2 is 1.83 bits per heavy atom. The van der Waals surface area contributed by atoms with Crippen molar-refractivity contribution in [1.82, 2.24) is 14.9 Å². The lowest BCUT2D eigenvalue weighted by Gasteiger charge is -2.34. The number of hydrogen-bond donors (Lipinski definition) is 1. The molecule has 3 rings (SSSR count). The third-order valence-electron chi connectivity index (χ3n) is 4.17. The van der Waals surface area contributed by atoms with Gasteiger partial charge < -0.3 is 15.1 Å². The first-order chi connectivity index (χ1) is 11.6. The Kier molecular flexibility index (Phi) is 4.93. The number of piperazine rings is 1. The Morgan fingerprint density at radius 1 is 1.12 bits per heavy atom. The minimum Gasteiger partial charge on any atom is -0.366 e. The maximum atomic E-state index is 11.4. The second-order valence-corrected chi connectivity index (χ2v) is 6.03. The standard InChI is InChI=1S/C18H23N5O/c1-14-12-17(19-13-16-6-4-3-5-7-16)21-18(20-14)23-10-8-22(9-11-23)15(2)24/h3-7,12H,8-11,13H2,1-2H3,(H,19,20,21). The average Bonchev–Trinajstić information content (AvgIpc) is 2.60. The smallest absolute Gasteiger partial charge is 0.227 e. The fourth-order valence-corrected chi connectivity index (χ4v) is 2.79. The molecular formula is C18H23N5O. The minimum absolute atomic E-state index is 0.130. The third-order valence-corrected chi connectivity index (χ3v) is 4.17. The lowest BCUT2D eigenvalue weighted by atomic mass is 10.2. The number of carbonyl (C=O) groups excluding carboxylic acids is 1. The van der Waals surface area contributed by atoms with Crippen LogP contribution in [0.1, 0.15) is 18.2 Å². The maximum Gasteiger partial charge on any atom is 0.227 e. The number of rotatable bonds is 4. The molecule has 6 heteroatoms. The first-order valence-corrected chi connectivity index (χ1v) is 8.26. The maximum absolute atomic E-state index is 11.4. The number of nitrogens with zero attached hydrogens (tertiary/aromatic N) is 4. The molecule has 2 heterocycles. The normalized spacial score (nSPS) is 14.6. The van der Waals surface area contributed by atoms with Crippen LogP contribution in [0.25, 0.3) is 0 Å². The van der Waals surface area contributed by atoms with Gasteiger partial charge in [0.15, 0.2) is 0 Å². The van der Waals surface area contributed by atoms with E-state index in [1.54, 1.807) is 6.92 Å². The molecule has 0 radical (unpaired) electrons. The summed E-state index contributed by atoms with van der Waals surface area (Å²) in [5.41, 5.74) is 2.15. The molecular weight excluding hydrogens is 302 g/mol. The van der Waals surface area contributed by atoms with Gasteiger partial charge in [-0.1, -0.05) is 30.3 Å². The van der Waals surface area contributed by atoms with E-state index in [4.69, 9.17) is 0 Å². The Labute approximate surface area is 142 Å². The molecule has 0 saturated carbocycles. The summed E-state index contributed by atoms with van der Waals surface area (Å²) in [7, 11) is 0. The van der Waals surface area contributed by atoms with E-state index < -0.39 is 0 Å². The van der Waals surface area contributed by atoms with Crippen LogP contribution in [-0.4, -0.2) is 47.0 Å². The van der Waals surface area contributed by atoms with E-state index in [9.17, 15) is 4.79 Å². The summed E-state index contributed by atoms with van der Waals surface area (Å²) in [5, 5.41) is 3.37. The molecule has 1 aliphatic rings. The van der Waals surface area contributed by atoms with Crippen molar-refractivity contribution in [3.63, 3.8) is 0 Å². The zero-order valence-electron chi connectivity index (χ0n) is 14.2. The second kappa shape index (κ2) is 7.29. The van der Waals surface area contributed by atoms with Crippen LogP contribution in [0.5, 0.6) is 0 Å². The van der Waals surface area contributed by atoms with Gasteiger partial charge in [0.05, 0.1) is 0 Å². The zero-order chi connectivity index (χ0) is 16.9. The summed E-state index contributed by atoms with van der Waals surface area (Å²) in [4.78, 5) is 24.6. The molecule has 6 nitrogen and oxygen atoms in total. The first kappa shape index (κ1) is 16.2. The molecule has 0 atom stereocenters. The van der Waals surface area contributed by atoms with Crippen molar-refractivity contribution < 1.29 is 4.79 Å². The summed E-state index contributed by atoms with van der Waals surface area (Å²) in [6, 6.07) is 12.2. The molecule has 1 aromatic carbocycles. The molecule has 1 fully saturated rings. The van der Waals surface area contributed by atoms with Crippen LogP contribution in [-0.2, 0) is 11.3 Å². The Balaban J connectivity index is 1.67. The van der Waals surface area contributed by atoms with E-state index in [1.165, 1.54) is 5.56 Å². The number of aromatic nitrogens is 2. The van der Waals surface area contributed by atoms with Gasteiger partial charge in [-0.2, -0.15) is 4.98 Å². The molecule has 0 spiro atoms. The van der Waals surface area contributed by atoms with Crippen LogP contribution in [0.2, 0.25) is 0 Å². The number of amides is 1. The molecule has 1 N–H and O–H groups in total. The minimum atomic E-state index is 0.130. The lowest BCUT2D eigenvalue weighted by molar-refractivity contribution is -0.129. The summed E-state index contributed by atoms with van der Waals surface area (Å²) in [6.07, 6.45) is 0.